The second-order valence-corrected chi connectivity index (χ2v) is 4.40. The number of hydrogen-bond acceptors (Lipinski definition) is 4. The van der Waals surface area contributed by atoms with Crippen molar-refractivity contribution in [1.82, 2.24) is 10.2 Å². The maximum absolute atomic E-state index is 11.5. The van der Waals surface area contributed by atoms with E-state index in [0.29, 0.717) is 12.6 Å². The van der Waals surface area contributed by atoms with Crippen LogP contribution in [0.3, 0.4) is 0 Å². The van der Waals surface area contributed by atoms with Gasteiger partial charge in [-0.15, -0.1) is 0 Å². The molecule has 94 valence electrons. The Balaban J connectivity index is 2.19. The number of likely N-dealkylation sites (tertiary alicyclic amines) is 1. The first-order valence-corrected chi connectivity index (χ1v) is 5.91. The Labute approximate surface area is 97.3 Å². The highest BCUT2D eigenvalue weighted by atomic mass is 16.5. The monoisotopic (exact) mass is 229 g/mol. The van der Waals surface area contributed by atoms with Gasteiger partial charge in [0.1, 0.15) is 6.04 Å². The van der Waals surface area contributed by atoms with E-state index >= 15 is 0 Å². The smallest absolute Gasteiger partial charge is 0.239 e. The average Bonchev–Trinajstić information content (AvgIpc) is 2.79. The van der Waals surface area contributed by atoms with Gasteiger partial charge in [0, 0.05) is 19.7 Å². The van der Waals surface area contributed by atoms with Crippen LogP contribution in [-0.4, -0.2) is 56.2 Å². The number of carbonyl (C=O) groups excluding carboxylic acids is 1. The molecule has 1 amide bonds. The molecule has 1 aliphatic heterocycles. The Morgan fingerprint density at radius 3 is 2.69 bits per heavy atom. The zero-order chi connectivity index (χ0) is 12.0. The molecule has 0 aliphatic carbocycles. The van der Waals surface area contributed by atoms with Crippen molar-refractivity contribution >= 4 is 5.91 Å². The number of nitrogens with one attached hydrogen (secondary N) is 1. The van der Waals surface area contributed by atoms with E-state index in [4.69, 9.17) is 10.5 Å². The normalized spacial score (nSPS) is 20.7. The fraction of sp³-hybridized carbons (Fsp3) is 0.909. The molecule has 1 aliphatic rings. The first-order chi connectivity index (χ1) is 7.65. The predicted molar refractivity (Wildman–Crippen MR) is 63.1 cm³/mol. The molecule has 1 saturated heterocycles. The van der Waals surface area contributed by atoms with Gasteiger partial charge in [-0.25, -0.2) is 0 Å². The van der Waals surface area contributed by atoms with E-state index in [-0.39, 0.29) is 12.5 Å². The molecule has 2 unspecified atom stereocenters. The number of carbonyl (C=O) groups is 1. The number of hydrogen-bond donors (Lipinski definition) is 2. The summed E-state index contributed by atoms with van der Waals surface area (Å²) < 4.78 is 4.84. The van der Waals surface area contributed by atoms with Crippen molar-refractivity contribution in [3.8, 4) is 0 Å². The summed E-state index contributed by atoms with van der Waals surface area (Å²) in [5.74, 6) is -0.132. The van der Waals surface area contributed by atoms with Crippen molar-refractivity contribution in [2.75, 3.05) is 33.4 Å². The fourth-order valence-corrected chi connectivity index (χ4v) is 1.95. The van der Waals surface area contributed by atoms with Crippen LogP contribution in [0.1, 0.15) is 19.8 Å². The van der Waals surface area contributed by atoms with Crippen LogP contribution in [0.5, 0.6) is 0 Å². The first-order valence-electron chi connectivity index (χ1n) is 5.91. The molecule has 0 aromatic heterocycles. The molecule has 1 rings (SSSR count). The van der Waals surface area contributed by atoms with Gasteiger partial charge in [-0.1, -0.05) is 0 Å². The van der Waals surface area contributed by atoms with Crippen LogP contribution in [0.4, 0.5) is 0 Å². The molecule has 3 N–H and O–H groups in total. The molecule has 2 atom stereocenters. The summed E-state index contributed by atoms with van der Waals surface area (Å²) in [5, 5.41) is 2.86. The van der Waals surface area contributed by atoms with Crippen LogP contribution in [0.15, 0.2) is 0 Å². The van der Waals surface area contributed by atoms with E-state index in [1.807, 2.05) is 0 Å². The minimum Gasteiger partial charge on any atom is -0.383 e. The summed E-state index contributed by atoms with van der Waals surface area (Å²) in [6, 6.07) is -0.169. The lowest BCUT2D eigenvalue weighted by atomic mass is 10.2. The first kappa shape index (κ1) is 13.4. The second-order valence-electron chi connectivity index (χ2n) is 4.40. The highest BCUT2D eigenvalue weighted by Crippen LogP contribution is 2.10. The molecular weight excluding hydrogens is 206 g/mol. The number of nitrogens with two attached hydrogens (primary N) is 1. The van der Waals surface area contributed by atoms with Crippen LogP contribution < -0.4 is 11.1 Å². The summed E-state index contributed by atoms with van der Waals surface area (Å²) in [7, 11) is 1.54. The van der Waals surface area contributed by atoms with Crippen molar-refractivity contribution in [3.63, 3.8) is 0 Å². The van der Waals surface area contributed by atoms with E-state index in [1.165, 1.54) is 12.8 Å². The van der Waals surface area contributed by atoms with Crippen LogP contribution in [0.25, 0.3) is 0 Å². The highest BCUT2D eigenvalue weighted by molar-refractivity contribution is 5.81. The molecule has 0 aromatic rings. The van der Waals surface area contributed by atoms with Crippen LogP contribution in [0, 0.1) is 0 Å². The fourth-order valence-electron chi connectivity index (χ4n) is 1.95. The van der Waals surface area contributed by atoms with Gasteiger partial charge < -0.3 is 15.8 Å². The van der Waals surface area contributed by atoms with Gasteiger partial charge in [-0.2, -0.15) is 0 Å². The van der Waals surface area contributed by atoms with Gasteiger partial charge in [-0.3, -0.25) is 9.69 Å². The van der Waals surface area contributed by atoms with Crippen molar-refractivity contribution in [3.05, 3.63) is 0 Å². The minimum atomic E-state index is -0.559. The lowest BCUT2D eigenvalue weighted by Gasteiger charge is -2.24. The topological polar surface area (TPSA) is 67.6 Å². The van der Waals surface area contributed by atoms with Crippen molar-refractivity contribution < 1.29 is 9.53 Å². The van der Waals surface area contributed by atoms with E-state index in [9.17, 15) is 4.79 Å². The van der Waals surface area contributed by atoms with E-state index in [2.05, 4.69) is 17.1 Å². The number of ether oxygens (including phenoxy) is 1. The summed E-state index contributed by atoms with van der Waals surface area (Å²) in [5.41, 5.74) is 5.62. The van der Waals surface area contributed by atoms with E-state index in [1.54, 1.807) is 7.11 Å². The molecular formula is C11H23N3O2. The van der Waals surface area contributed by atoms with Crippen molar-refractivity contribution in [1.29, 1.82) is 0 Å². The summed E-state index contributed by atoms with van der Waals surface area (Å²) >= 11 is 0. The van der Waals surface area contributed by atoms with Gasteiger partial charge in [0.25, 0.3) is 0 Å². The Hall–Kier alpha value is -0.650. The molecule has 1 heterocycles. The third-order valence-electron chi connectivity index (χ3n) is 3.02. The minimum absolute atomic E-state index is 0.132. The van der Waals surface area contributed by atoms with Gasteiger partial charge in [0.15, 0.2) is 0 Å². The lowest BCUT2D eigenvalue weighted by Crippen LogP contribution is -2.48. The molecule has 0 spiro atoms. The number of rotatable bonds is 6. The Bertz CT molecular complexity index is 217. The molecule has 0 radical (unpaired) electrons. The van der Waals surface area contributed by atoms with E-state index < -0.39 is 6.04 Å². The molecule has 16 heavy (non-hydrogen) atoms. The molecule has 5 heteroatoms. The molecule has 0 aromatic carbocycles. The van der Waals surface area contributed by atoms with Crippen LogP contribution >= 0.6 is 0 Å². The predicted octanol–water partition coefficient (Wildman–Crippen LogP) is -0.439. The Kier molecular flexibility index (Phi) is 5.73. The Morgan fingerprint density at radius 2 is 2.12 bits per heavy atom. The van der Waals surface area contributed by atoms with Gasteiger partial charge >= 0.3 is 0 Å². The molecule has 0 bridgehead atoms. The average molecular weight is 229 g/mol. The quantitative estimate of drug-likeness (QED) is 0.648. The number of amides is 1. The standard InChI is InChI=1S/C11H23N3O2/c1-9(14-5-3-4-6-14)7-13-11(15)10(12)8-16-2/h9-10H,3-8,12H2,1-2H3,(H,13,15). The maximum atomic E-state index is 11.5. The van der Waals surface area contributed by atoms with Gasteiger partial charge in [0.05, 0.1) is 6.61 Å². The lowest BCUT2D eigenvalue weighted by molar-refractivity contribution is -0.123. The largest absolute Gasteiger partial charge is 0.383 e. The summed E-state index contributed by atoms with van der Waals surface area (Å²) in [6.07, 6.45) is 2.53. The summed E-state index contributed by atoms with van der Waals surface area (Å²) in [4.78, 5) is 13.9. The van der Waals surface area contributed by atoms with Crippen LogP contribution in [-0.2, 0) is 9.53 Å². The highest BCUT2D eigenvalue weighted by Gasteiger charge is 2.19. The van der Waals surface area contributed by atoms with Crippen molar-refractivity contribution in [2.45, 2.75) is 31.8 Å². The van der Waals surface area contributed by atoms with Crippen LogP contribution in [0.2, 0.25) is 0 Å². The van der Waals surface area contributed by atoms with Crippen molar-refractivity contribution in [2.24, 2.45) is 5.73 Å². The number of methoxy groups -OCH3 is 1. The number of nitrogens with zero attached hydrogens (tertiary/aromatic N) is 1. The molecule has 5 nitrogen and oxygen atoms in total. The Morgan fingerprint density at radius 1 is 1.50 bits per heavy atom. The zero-order valence-corrected chi connectivity index (χ0v) is 10.2. The second kappa shape index (κ2) is 6.83. The summed E-state index contributed by atoms with van der Waals surface area (Å²) in [6.45, 7) is 5.34. The maximum Gasteiger partial charge on any atom is 0.239 e. The third kappa shape index (κ3) is 4.08. The zero-order valence-electron chi connectivity index (χ0n) is 10.2. The molecule has 1 fully saturated rings. The van der Waals surface area contributed by atoms with E-state index in [0.717, 1.165) is 13.1 Å². The van der Waals surface area contributed by atoms with Gasteiger partial charge in [0.2, 0.25) is 5.91 Å². The SMILES string of the molecule is COCC(N)C(=O)NCC(C)N1CCCC1. The third-order valence-corrected chi connectivity index (χ3v) is 3.02. The molecule has 0 saturated carbocycles. The van der Waals surface area contributed by atoms with Gasteiger partial charge in [-0.05, 0) is 32.9 Å².